The Morgan fingerprint density at radius 2 is 1.09 bits per heavy atom. The van der Waals surface area contributed by atoms with Gasteiger partial charge in [-0.15, -0.1) is 0 Å². The van der Waals surface area contributed by atoms with E-state index in [0.717, 1.165) is 56.8 Å². The van der Waals surface area contributed by atoms with Crippen LogP contribution in [0, 0.1) is 34.6 Å². The fourth-order valence-corrected chi connectivity index (χ4v) is 7.63. The van der Waals surface area contributed by atoms with Crippen LogP contribution in [0.15, 0.2) is 70.6 Å². The summed E-state index contributed by atoms with van der Waals surface area (Å²) in [5.74, 6) is 0.944. The molecule has 5 rings (SSSR count). The molecule has 1 saturated heterocycles. The van der Waals surface area contributed by atoms with Crippen LogP contribution >= 0.6 is 11.6 Å². The van der Waals surface area contributed by atoms with Gasteiger partial charge in [-0.25, -0.2) is 9.98 Å². The first kappa shape index (κ1) is 40.9. The Morgan fingerprint density at radius 1 is 0.630 bits per heavy atom. The Labute approximate surface area is 319 Å². The van der Waals surface area contributed by atoms with Crippen LogP contribution in [-0.2, 0) is 12.4 Å². The average Bonchev–Trinajstić information content (AvgIpc) is 3.06. The first-order valence-electron chi connectivity index (χ1n) is 18.1. The molecule has 0 bridgehead atoms. The Bertz CT molecular complexity index is 1990. The quantitative estimate of drug-likeness (QED) is 0.111. The van der Waals surface area contributed by atoms with Gasteiger partial charge in [0.2, 0.25) is 0 Å². The van der Waals surface area contributed by atoms with Gasteiger partial charge in [0, 0.05) is 24.2 Å². The smallest absolute Gasteiger partial charge is 0.338 e. The minimum absolute atomic E-state index is 0.0488. The zero-order valence-electron chi connectivity index (χ0n) is 32.2. The topological polar surface area (TPSA) is 31.2 Å². The summed E-state index contributed by atoms with van der Waals surface area (Å²) < 4.78 is 85.3. The molecule has 0 unspecified atom stereocenters. The highest BCUT2D eigenvalue weighted by molar-refractivity contribution is 6.33. The SMILES string of the molecule is Cc1cc(C)c(C(=Nc2c(C(C)C)cccc2C(C)C)N2CCCN(C(=Nc3c(C)cc(C)cc3Cl)c3cc(C(F)(F)F)cc(C(F)(F)F)c3)C2)c(C)c1. The van der Waals surface area contributed by atoms with Gasteiger partial charge >= 0.3 is 12.4 Å². The third-order valence-electron chi connectivity index (χ3n) is 9.72. The van der Waals surface area contributed by atoms with Crippen LogP contribution in [0.2, 0.25) is 5.02 Å². The summed E-state index contributed by atoms with van der Waals surface area (Å²) >= 11 is 6.68. The number of aliphatic imine (C=N–C) groups is 2. The second-order valence-electron chi connectivity index (χ2n) is 15.0. The highest BCUT2D eigenvalue weighted by atomic mass is 35.5. The van der Waals surface area contributed by atoms with Gasteiger partial charge < -0.3 is 9.80 Å². The maximum Gasteiger partial charge on any atom is 0.416 e. The van der Waals surface area contributed by atoms with E-state index in [-0.39, 0.29) is 46.7 Å². The van der Waals surface area contributed by atoms with Crippen molar-refractivity contribution in [2.24, 2.45) is 9.98 Å². The molecular weight excluding hydrogens is 722 g/mol. The summed E-state index contributed by atoms with van der Waals surface area (Å²) in [5, 5.41) is 0.238. The first-order chi connectivity index (χ1) is 25.1. The minimum atomic E-state index is -5.04. The number of amidine groups is 2. The van der Waals surface area contributed by atoms with Gasteiger partial charge in [-0.05, 0) is 111 Å². The molecule has 4 nitrogen and oxygen atoms in total. The molecule has 0 aliphatic carbocycles. The van der Waals surface area contributed by atoms with Crippen molar-refractivity contribution in [2.45, 2.75) is 92.9 Å². The number of alkyl halides is 6. The number of rotatable bonds is 6. The Balaban J connectivity index is 1.78. The lowest BCUT2D eigenvalue weighted by molar-refractivity contribution is -0.143. The van der Waals surface area contributed by atoms with Gasteiger partial charge in [-0.1, -0.05) is 81.3 Å². The van der Waals surface area contributed by atoms with Gasteiger partial charge in [0.1, 0.15) is 11.7 Å². The predicted octanol–water partition coefficient (Wildman–Crippen LogP) is 13.0. The predicted molar refractivity (Wildman–Crippen MR) is 208 cm³/mol. The number of benzene rings is 4. The maximum absolute atomic E-state index is 14.2. The second kappa shape index (κ2) is 15.8. The normalized spacial score (nSPS) is 14.9. The van der Waals surface area contributed by atoms with Crippen LogP contribution in [0.25, 0.3) is 0 Å². The molecule has 54 heavy (non-hydrogen) atoms. The van der Waals surface area contributed by atoms with E-state index >= 15 is 0 Å². The van der Waals surface area contributed by atoms with Crippen molar-refractivity contribution in [1.82, 2.24) is 9.80 Å². The molecular formula is C43H47ClF6N4. The van der Waals surface area contributed by atoms with Crippen molar-refractivity contribution in [2.75, 3.05) is 19.8 Å². The fourth-order valence-electron chi connectivity index (χ4n) is 7.27. The van der Waals surface area contributed by atoms with Gasteiger partial charge in [-0.2, -0.15) is 26.3 Å². The van der Waals surface area contributed by atoms with E-state index < -0.39 is 23.5 Å². The molecule has 11 heteroatoms. The number of para-hydroxylation sites is 1. The molecule has 288 valence electrons. The highest BCUT2D eigenvalue weighted by Crippen LogP contribution is 2.39. The Kier molecular flexibility index (Phi) is 12.0. The molecule has 4 aromatic rings. The van der Waals surface area contributed by atoms with Crippen molar-refractivity contribution in [3.63, 3.8) is 0 Å². The molecule has 0 amide bonds. The van der Waals surface area contributed by atoms with E-state index in [9.17, 15) is 26.3 Å². The van der Waals surface area contributed by atoms with Crippen LogP contribution in [0.5, 0.6) is 0 Å². The van der Waals surface area contributed by atoms with Crippen molar-refractivity contribution < 1.29 is 26.3 Å². The van der Waals surface area contributed by atoms with Crippen LogP contribution in [0.4, 0.5) is 37.7 Å². The summed E-state index contributed by atoms with van der Waals surface area (Å²) in [4.78, 5) is 14.1. The minimum Gasteiger partial charge on any atom is -0.338 e. The molecule has 1 fully saturated rings. The lowest BCUT2D eigenvalue weighted by Gasteiger charge is -2.40. The number of hydrogen-bond acceptors (Lipinski definition) is 2. The standard InChI is InChI=1S/C43H47ClF6N4/c1-24(2)34-12-10-13-35(25(3)4)39(34)52-41(37-28(7)16-26(5)17-29(37)8)54-15-11-14-53(23-54)40(51-38-30(9)18-27(6)19-36(38)44)31-20-32(42(45,46)47)22-33(21-31)43(48,49)50/h10,12-13,16-22,24-25H,11,14-15,23H2,1-9H3. The van der Waals surface area contributed by atoms with E-state index in [1.807, 2.05) is 39.8 Å². The van der Waals surface area contributed by atoms with Crippen LogP contribution < -0.4 is 0 Å². The van der Waals surface area contributed by atoms with Crippen molar-refractivity contribution >= 4 is 34.6 Å². The molecule has 1 heterocycles. The van der Waals surface area contributed by atoms with Crippen molar-refractivity contribution in [3.05, 3.63) is 127 Å². The molecule has 0 N–H and O–H groups in total. The van der Waals surface area contributed by atoms with E-state index in [4.69, 9.17) is 21.6 Å². The fraction of sp³-hybridized carbons (Fsp3) is 0.395. The van der Waals surface area contributed by atoms with Crippen molar-refractivity contribution in [3.8, 4) is 0 Å². The summed E-state index contributed by atoms with van der Waals surface area (Å²) in [6.45, 7) is 19.1. The summed E-state index contributed by atoms with van der Waals surface area (Å²) in [5.41, 5.74) is 5.61. The van der Waals surface area contributed by atoms with E-state index in [1.54, 1.807) is 17.9 Å². The molecule has 1 aliphatic rings. The molecule has 0 radical (unpaired) electrons. The van der Waals surface area contributed by atoms with Gasteiger partial charge in [-0.3, -0.25) is 0 Å². The molecule has 4 aromatic carbocycles. The molecule has 0 aromatic heterocycles. The lowest BCUT2D eigenvalue weighted by atomic mass is 9.92. The molecule has 0 spiro atoms. The number of aryl methyl sites for hydroxylation is 5. The number of halogens is 7. The van der Waals surface area contributed by atoms with E-state index in [0.29, 0.717) is 30.9 Å². The van der Waals surface area contributed by atoms with Crippen LogP contribution in [0.3, 0.4) is 0 Å². The lowest BCUT2D eigenvalue weighted by Crippen LogP contribution is -2.50. The van der Waals surface area contributed by atoms with Crippen LogP contribution in [-0.4, -0.2) is 41.2 Å². The Hall–Kier alpha value is -4.31. The zero-order valence-corrected chi connectivity index (χ0v) is 32.9. The number of nitrogens with zero attached hydrogens (tertiary/aromatic N) is 4. The highest BCUT2D eigenvalue weighted by Gasteiger charge is 2.38. The third kappa shape index (κ3) is 8.96. The summed E-state index contributed by atoms with van der Waals surface area (Å²) in [6.07, 6.45) is -9.55. The first-order valence-corrected chi connectivity index (χ1v) is 18.5. The molecule has 0 atom stereocenters. The molecule has 0 saturated carbocycles. The van der Waals surface area contributed by atoms with Crippen molar-refractivity contribution in [1.29, 1.82) is 0 Å². The second-order valence-corrected chi connectivity index (χ2v) is 15.4. The van der Waals surface area contributed by atoms with E-state index in [1.165, 1.54) is 0 Å². The zero-order chi connectivity index (χ0) is 39.9. The maximum atomic E-state index is 14.2. The largest absolute Gasteiger partial charge is 0.416 e. The van der Waals surface area contributed by atoms with E-state index in [2.05, 4.69) is 56.9 Å². The summed E-state index contributed by atoms with van der Waals surface area (Å²) in [7, 11) is 0. The average molecular weight is 769 g/mol. The molecule has 1 aliphatic heterocycles. The van der Waals surface area contributed by atoms with Gasteiger partial charge in [0.25, 0.3) is 0 Å². The third-order valence-corrected chi connectivity index (χ3v) is 10.0. The number of hydrogen-bond donors (Lipinski definition) is 0. The Morgan fingerprint density at radius 3 is 1.57 bits per heavy atom. The van der Waals surface area contributed by atoms with Crippen LogP contribution in [0.1, 0.15) is 107 Å². The van der Waals surface area contributed by atoms with Gasteiger partial charge in [0.05, 0.1) is 34.2 Å². The monoisotopic (exact) mass is 768 g/mol. The summed E-state index contributed by atoms with van der Waals surface area (Å²) in [6, 6.07) is 15.5. The van der Waals surface area contributed by atoms with Gasteiger partial charge in [0.15, 0.2) is 0 Å².